The van der Waals surface area contributed by atoms with Gasteiger partial charge in [-0.15, -0.1) is 0 Å². The van der Waals surface area contributed by atoms with Crippen LogP contribution >= 0.6 is 50.5 Å². The van der Waals surface area contributed by atoms with Gasteiger partial charge < -0.3 is 0 Å². The maximum atomic E-state index is 4.69. The fraction of sp³-hybridized carbons (Fsp3) is 0.312. The van der Waals surface area contributed by atoms with Crippen LogP contribution in [0, 0.1) is 13.8 Å². The van der Waals surface area contributed by atoms with Crippen molar-refractivity contribution in [3.63, 3.8) is 0 Å². The van der Waals surface area contributed by atoms with Crippen molar-refractivity contribution in [1.29, 1.82) is 0 Å². The lowest BCUT2D eigenvalue weighted by Gasteiger charge is -2.22. The molecule has 0 aliphatic heterocycles. The van der Waals surface area contributed by atoms with Gasteiger partial charge in [-0.05, 0) is 151 Å². The lowest BCUT2D eigenvalue weighted by Crippen LogP contribution is -2.02. The maximum absolute atomic E-state index is 4.69. The maximum Gasteiger partial charge on any atom is -0.00569 e. The molecule has 5 aromatic rings. The molecule has 5 rings (SSSR count). The zero-order valence-corrected chi connectivity index (χ0v) is 24.6. The Morgan fingerprint density at radius 1 is 0.417 bits per heavy atom. The van der Waals surface area contributed by atoms with E-state index in [1.807, 2.05) is 0 Å². The second-order valence-electron chi connectivity index (χ2n) is 9.78. The first-order chi connectivity index (χ1) is 17.5. The van der Waals surface area contributed by atoms with Crippen molar-refractivity contribution in [3.05, 3.63) is 81.9 Å². The zero-order chi connectivity index (χ0) is 25.4. The van der Waals surface area contributed by atoms with E-state index in [1.165, 1.54) is 76.5 Å². The van der Waals surface area contributed by atoms with Crippen LogP contribution in [0.3, 0.4) is 0 Å². The van der Waals surface area contributed by atoms with E-state index >= 15 is 0 Å². The Morgan fingerprint density at radius 2 is 0.694 bits per heavy atom. The summed E-state index contributed by atoms with van der Waals surface area (Å²) in [6.45, 7) is 4.45. The van der Waals surface area contributed by atoms with Gasteiger partial charge in [0.25, 0.3) is 0 Å². The summed E-state index contributed by atoms with van der Waals surface area (Å²) in [7, 11) is 0. The van der Waals surface area contributed by atoms with Gasteiger partial charge in [0.1, 0.15) is 0 Å². The number of aryl methyl sites for hydroxylation is 6. The predicted molar refractivity (Wildman–Crippen MR) is 176 cm³/mol. The third kappa shape index (κ3) is 4.42. The number of benzene rings is 5. The second kappa shape index (κ2) is 11.1. The summed E-state index contributed by atoms with van der Waals surface area (Å²) in [5, 5.41) is 10.9. The van der Waals surface area contributed by atoms with Crippen LogP contribution in [0.4, 0.5) is 0 Å². The highest BCUT2D eigenvalue weighted by molar-refractivity contribution is 7.80. The molecule has 0 amide bonds. The number of hydrogen-bond donors (Lipinski definition) is 4. The van der Waals surface area contributed by atoms with E-state index in [1.54, 1.807) is 0 Å². The first-order valence-corrected chi connectivity index (χ1v) is 15.3. The molecule has 36 heavy (non-hydrogen) atoms. The third-order valence-electron chi connectivity index (χ3n) is 7.77. The Labute approximate surface area is 236 Å². The van der Waals surface area contributed by atoms with Gasteiger partial charge >= 0.3 is 0 Å². The summed E-state index contributed by atoms with van der Waals surface area (Å²) in [5.74, 6) is 3.31. The highest BCUT2D eigenvalue weighted by Gasteiger charge is 2.19. The van der Waals surface area contributed by atoms with Crippen molar-refractivity contribution in [3.8, 4) is 0 Å². The Hall–Kier alpha value is -1.46. The van der Waals surface area contributed by atoms with Gasteiger partial charge in [-0.25, -0.2) is 0 Å². The fourth-order valence-corrected chi connectivity index (χ4v) is 6.92. The van der Waals surface area contributed by atoms with Crippen molar-refractivity contribution in [2.24, 2.45) is 0 Å². The van der Waals surface area contributed by atoms with Gasteiger partial charge in [0.05, 0.1) is 0 Å². The summed E-state index contributed by atoms with van der Waals surface area (Å²) in [6, 6.07) is 18.7. The highest BCUT2D eigenvalue weighted by atomic mass is 32.1. The molecule has 4 heteroatoms. The molecule has 0 N–H and O–H groups in total. The van der Waals surface area contributed by atoms with Gasteiger partial charge in [-0.2, -0.15) is 50.5 Å². The highest BCUT2D eigenvalue weighted by Crippen LogP contribution is 2.41. The van der Waals surface area contributed by atoms with E-state index in [2.05, 4.69) is 113 Å². The van der Waals surface area contributed by atoms with Crippen molar-refractivity contribution >= 4 is 93.6 Å². The molecule has 0 heterocycles. The Morgan fingerprint density at radius 3 is 1.00 bits per heavy atom. The van der Waals surface area contributed by atoms with Crippen molar-refractivity contribution in [2.45, 2.75) is 39.5 Å². The predicted octanol–water partition coefficient (Wildman–Crippen LogP) is 8.81. The largest absolute Gasteiger partial charge is 0.179 e. The molecule has 0 aromatic heterocycles. The van der Waals surface area contributed by atoms with Crippen LogP contribution in [0.1, 0.15) is 33.4 Å². The quantitative estimate of drug-likeness (QED) is 0.108. The van der Waals surface area contributed by atoms with Crippen LogP contribution in [-0.4, -0.2) is 23.0 Å². The molecule has 0 saturated carbocycles. The summed E-state index contributed by atoms with van der Waals surface area (Å²) < 4.78 is 0. The first kappa shape index (κ1) is 26.2. The number of thiol groups is 4. The van der Waals surface area contributed by atoms with Gasteiger partial charge in [0.2, 0.25) is 0 Å². The van der Waals surface area contributed by atoms with Crippen LogP contribution in [0.25, 0.3) is 43.1 Å². The van der Waals surface area contributed by atoms with E-state index < -0.39 is 0 Å². The van der Waals surface area contributed by atoms with Crippen LogP contribution < -0.4 is 0 Å². The molecule has 0 aliphatic carbocycles. The summed E-state index contributed by atoms with van der Waals surface area (Å²) in [6.07, 6.45) is 3.79. The van der Waals surface area contributed by atoms with Gasteiger partial charge in [-0.3, -0.25) is 0 Å². The van der Waals surface area contributed by atoms with Crippen LogP contribution in [0.15, 0.2) is 48.5 Å². The van der Waals surface area contributed by atoms with E-state index in [4.69, 9.17) is 0 Å². The first-order valence-electron chi connectivity index (χ1n) is 12.8. The normalized spacial score (nSPS) is 11.9. The van der Waals surface area contributed by atoms with E-state index in [0.29, 0.717) is 0 Å². The molecule has 5 aromatic carbocycles. The van der Waals surface area contributed by atoms with Gasteiger partial charge in [0.15, 0.2) is 0 Å². The minimum Gasteiger partial charge on any atom is -0.179 e. The molecule has 0 fully saturated rings. The van der Waals surface area contributed by atoms with Crippen molar-refractivity contribution in [2.75, 3.05) is 23.0 Å². The molecule has 0 atom stereocenters. The smallest absolute Gasteiger partial charge is 0.00569 e. The van der Waals surface area contributed by atoms with E-state index in [0.717, 1.165) is 48.7 Å². The minimum atomic E-state index is 0.827. The molecular formula is C32H34S4. The second-order valence-corrected chi connectivity index (χ2v) is 11.6. The topological polar surface area (TPSA) is 0 Å². The van der Waals surface area contributed by atoms with E-state index in [-0.39, 0.29) is 0 Å². The van der Waals surface area contributed by atoms with Crippen molar-refractivity contribution < 1.29 is 0 Å². The van der Waals surface area contributed by atoms with Crippen LogP contribution in [0.5, 0.6) is 0 Å². The molecule has 186 valence electrons. The average Bonchev–Trinajstić information content (AvgIpc) is 2.88. The zero-order valence-electron chi connectivity index (χ0n) is 21.1. The molecule has 0 saturated heterocycles. The molecule has 0 radical (unpaired) electrons. The lowest BCUT2D eigenvalue weighted by atomic mass is 9.83. The Bertz CT molecular complexity index is 1480. The molecule has 0 bridgehead atoms. The molecule has 0 spiro atoms. The molecule has 0 nitrogen and oxygen atoms in total. The minimum absolute atomic E-state index is 0.827. The summed E-state index contributed by atoms with van der Waals surface area (Å²) >= 11 is 18.7. The Balaban J connectivity index is 2.06. The number of hydrogen-bond acceptors (Lipinski definition) is 4. The fourth-order valence-electron chi connectivity index (χ4n) is 6.03. The van der Waals surface area contributed by atoms with Crippen molar-refractivity contribution in [1.82, 2.24) is 0 Å². The van der Waals surface area contributed by atoms with Crippen LogP contribution in [0.2, 0.25) is 0 Å². The summed E-state index contributed by atoms with van der Waals surface area (Å²) in [4.78, 5) is 0. The SMILES string of the molecule is Cc1cc2c(CCS)c3cc4c(CCS)c5ccccc5c(CCS)c4cc3c(CCS)c2cc1C. The van der Waals surface area contributed by atoms with Gasteiger partial charge in [0, 0.05) is 0 Å². The van der Waals surface area contributed by atoms with Crippen LogP contribution in [-0.2, 0) is 25.7 Å². The number of fused-ring (bicyclic) bond motifs is 4. The number of rotatable bonds is 8. The average molecular weight is 547 g/mol. The monoisotopic (exact) mass is 546 g/mol. The van der Waals surface area contributed by atoms with E-state index in [9.17, 15) is 0 Å². The third-order valence-corrected chi connectivity index (χ3v) is 8.66. The standard InChI is InChI=1S/C32H34S4/c1-19-15-27-25(9-13-35)31-17-29-23(7-11-33)21-5-3-4-6-22(21)24(8-12-34)30(29)18-32(31)26(10-14-36)28(27)16-20(19)2/h3-6,15-18,33-36H,7-14H2,1-2H3. The molecular weight excluding hydrogens is 513 g/mol. The molecule has 0 unspecified atom stereocenters. The molecule has 0 aliphatic rings. The Kier molecular flexibility index (Phi) is 8.07. The lowest BCUT2D eigenvalue weighted by molar-refractivity contribution is 1.17. The summed E-state index contributed by atoms with van der Waals surface area (Å²) in [5.41, 5.74) is 8.35. The van der Waals surface area contributed by atoms with Gasteiger partial charge in [-0.1, -0.05) is 36.4 Å².